The van der Waals surface area contributed by atoms with Crippen LogP contribution in [0.3, 0.4) is 0 Å². The maximum absolute atomic E-state index is 13.1. The Bertz CT molecular complexity index is 1000. The Morgan fingerprint density at radius 2 is 1.93 bits per heavy atom. The highest BCUT2D eigenvalue weighted by molar-refractivity contribution is 7.93. The molecule has 0 spiro atoms. The van der Waals surface area contributed by atoms with Gasteiger partial charge in [0.1, 0.15) is 5.75 Å². The van der Waals surface area contributed by atoms with Crippen LogP contribution < -0.4 is 9.04 Å². The molecule has 0 aromatic heterocycles. The van der Waals surface area contributed by atoms with Gasteiger partial charge in [0.15, 0.2) is 0 Å². The number of halogens is 3. The minimum atomic E-state index is -4.68. The van der Waals surface area contributed by atoms with Crippen LogP contribution in [0.15, 0.2) is 47.4 Å². The number of nitrogens with zero attached hydrogens (tertiary/aromatic N) is 1. The molecule has 27 heavy (non-hydrogen) atoms. The van der Waals surface area contributed by atoms with Crippen LogP contribution in [0.5, 0.6) is 5.75 Å². The maximum Gasteiger partial charge on any atom is 0.416 e. The zero-order valence-corrected chi connectivity index (χ0v) is 14.7. The van der Waals surface area contributed by atoms with Crippen molar-refractivity contribution in [3.8, 4) is 5.75 Å². The van der Waals surface area contributed by atoms with Crippen LogP contribution >= 0.6 is 0 Å². The summed E-state index contributed by atoms with van der Waals surface area (Å²) in [7, 11) is -2.86. The fourth-order valence-corrected chi connectivity index (χ4v) is 4.90. The smallest absolute Gasteiger partial charge is 0.416 e. The minimum absolute atomic E-state index is 0.102. The monoisotopic (exact) mass is 401 g/mol. The number of benzene rings is 2. The summed E-state index contributed by atoms with van der Waals surface area (Å²) in [6.45, 7) is 0. The first kappa shape index (κ1) is 19.0. The number of carboxylic acid groups (broad SMARTS) is 1. The van der Waals surface area contributed by atoms with Crippen LogP contribution in [-0.4, -0.2) is 26.6 Å². The molecular formula is C17H14F3NO5S. The molecule has 2 aromatic carbocycles. The number of hydrogen-bond acceptors (Lipinski definition) is 4. The summed E-state index contributed by atoms with van der Waals surface area (Å²) in [4.78, 5) is 10.9. The van der Waals surface area contributed by atoms with Crippen molar-refractivity contribution < 1.29 is 36.2 Å². The van der Waals surface area contributed by atoms with Crippen molar-refractivity contribution in [2.75, 3.05) is 11.4 Å². The van der Waals surface area contributed by atoms with Crippen molar-refractivity contribution in [1.29, 1.82) is 0 Å². The van der Waals surface area contributed by atoms with E-state index in [1.807, 2.05) is 0 Å². The molecule has 0 amide bonds. The van der Waals surface area contributed by atoms with Crippen LogP contribution in [0, 0.1) is 0 Å². The summed E-state index contributed by atoms with van der Waals surface area (Å²) in [5.41, 5.74) is -1.14. The van der Waals surface area contributed by atoms with Crippen LogP contribution in [0.25, 0.3) is 0 Å². The molecule has 3 rings (SSSR count). The van der Waals surface area contributed by atoms with E-state index in [1.54, 1.807) is 6.07 Å². The van der Waals surface area contributed by atoms with E-state index < -0.39 is 40.2 Å². The molecular weight excluding hydrogens is 387 g/mol. The van der Waals surface area contributed by atoms with E-state index in [-0.39, 0.29) is 16.1 Å². The number of methoxy groups -OCH3 is 1. The molecule has 6 nitrogen and oxygen atoms in total. The first-order chi connectivity index (χ1) is 12.6. The molecule has 1 atom stereocenters. The number of ether oxygens (including phenoxy) is 1. The molecule has 2 aromatic rings. The van der Waals surface area contributed by atoms with E-state index in [0.29, 0.717) is 17.9 Å². The highest BCUT2D eigenvalue weighted by Crippen LogP contribution is 2.46. The van der Waals surface area contributed by atoms with Gasteiger partial charge in [0.05, 0.1) is 35.7 Å². The molecule has 1 heterocycles. The SMILES string of the molecule is COc1cccc(N2C(CC(=O)O)c3cc(C(F)(F)F)ccc3S2(=O)=O)c1. The number of carbonyl (C=O) groups is 1. The number of aliphatic carboxylic acids is 1. The third-order valence-electron chi connectivity index (χ3n) is 4.19. The standard InChI is InChI=1S/C17H14F3NO5S/c1-26-12-4-2-3-11(8-12)21-14(9-16(22)23)13-7-10(17(18,19)20)5-6-15(13)27(21,24)25/h2-8,14H,9H2,1H3,(H,22,23). The quantitative estimate of drug-likeness (QED) is 0.849. The Balaban J connectivity index is 2.22. The summed E-state index contributed by atoms with van der Waals surface area (Å²) < 4.78 is 71.0. The Morgan fingerprint density at radius 3 is 2.52 bits per heavy atom. The second-order valence-corrected chi connectivity index (χ2v) is 7.65. The van der Waals surface area contributed by atoms with E-state index >= 15 is 0 Å². The van der Waals surface area contributed by atoms with Gasteiger partial charge in [-0.15, -0.1) is 0 Å². The minimum Gasteiger partial charge on any atom is -0.497 e. The number of alkyl halides is 3. The first-order valence-electron chi connectivity index (χ1n) is 7.67. The molecule has 1 N–H and O–H groups in total. The maximum atomic E-state index is 13.1. The van der Waals surface area contributed by atoms with Crippen molar-refractivity contribution in [2.24, 2.45) is 0 Å². The summed E-state index contributed by atoms with van der Waals surface area (Å²) >= 11 is 0. The number of rotatable bonds is 4. The Morgan fingerprint density at radius 1 is 1.22 bits per heavy atom. The molecule has 144 valence electrons. The largest absolute Gasteiger partial charge is 0.497 e. The Hall–Kier alpha value is -2.75. The molecule has 1 unspecified atom stereocenters. The lowest BCUT2D eigenvalue weighted by Crippen LogP contribution is -2.29. The van der Waals surface area contributed by atoms with Gasteiger partial charge < -0.3 is 9.84 Å². The highest BCUT2D eigenvalue weighted by Gasteiger charge is 2.45. The predicted molar refractivity (Wildman–Crippen MR) is 89.1 cm³/mol. The fourth-order valence-electron chi connectivity index (χ4n) is 3.04. The number of anilines is 1. The third-order valence-corrected chi connectivity index (χ3v) is 6.10. The zero-order valence-electron chi connectivity index (χ0n) is 13.9. The molecule has 10 heteroatoms. The van der Waals surface area contributed by atoms with Crippen LogP contribution in [-0.2, 0) is 21.0 Å². The van der Waals surface area contributed by atoms with Crippen LogP contribution in [0.1, 0.15) is 23.6 Å². The lowest BCUT2D eigenvalue weighted by Gasteiger charge is -2.25. The molecule has 0 saturated heterocycles. The summed E-state index contributed by atoms with van der Waals surface area (Å²) in [6, 6.07) is 6.79. The summed E-state index contributed by atoms with van der Waals surface area (Å²) in [5, 5.41) is 9.20. The second kappa shape index (κ2) is 6.45. The lowest BCUT2D eigenvalue weighted by atomic mass is 10.0. The van der Waals surface area contributed by atoms with Gasteiger partial charge >= 0.3 is 12.1 Å². The van der Waals surface area contributed by atoms with E-state index in [2.05, 4.69) is 0 Å². The van der Waals surface area contributed by atoms with E-state index in [0.717, 1.165) is 10.4 Å². The van der Waals surface area contributed by atoms with Crippen molar-refractivity contribution in [1.82, 2.24) is 0 Å². The average Bonchev–Trinajstić information content (AvgIpc) is 2.80. The van der Waals surface area contributed by atoms with Crippen LogP contribution in [0.2, 0.25) is 0 Å². The second-order valence-electron chi connectivity index (χ2n) is 5.87. The van der Waals surface area contributed by atoms with Gasteiger partial charge in [0.25, 0.3) is 10.0 Å². The summed E-state index contributed by atoms with van der Waals surface area (Å²) in [6.07, 6.45) is -5.37. The van der Waals surface area contributed by atoms with Crippen molar-refractivity contribution in [3.63, 3.8) is 0 Å². The van der Waals surface area contributed by atoms with Gasteiger partial charge in [0, 0.05) is 6.07 Å². The average molecular weight is 401 g/mol. The number of carboxylic acids is 1. The van der Waals surface area contributed by atoms with E-state index in [4.69, 9.17) is 4.74 Å². The molecule has 1 aliphatic heterocycles. The Kier molecular flexibility index (Phi) is 4.54. The molecule has 0 radical (unpaired) electrons. The molecule has 0 aliphatic carbocycles. The van der Waals surface area contributed by atoms with E-state index in [1.165, 1.54) is 25.3 Å². The molecule has 0 bridgehead atoms. The zero-order chi connectivity index (χ0) is 20.0. The Labute approximate surface area is 152 Å². The van der Waals surface area contributed by atoms with E-state index in [9.17, 15) is 31.5 Å². The van der Waals surface area contributed by atoms with Gasteiger partial charge in [-0.1, -0.05) is 6.07 Å². The molecule has 0 saturated carbocycles. The third kappa shape index (κ3) is 3.32. The first-order valence-corrected chi connectivity index (χ1v) is 9.11. The predicted octanol–water partition coefficient (Wildman–Crippen LogP) is 3.44. The number of hydrogen-bond donors (Lipinski definition) is 1. The van der Waals surface area contributed by atoms with Crippen LogP contribution in [0.4, 0.5) is 18.9 Å². The normalized spacial score (nSPS) is 18.2. The highest BCUT2D eigenvalue weighted by atomic mass is 32.2. The van der Waals surface area contributed by atoms with Gasteiger partial charge in [-0.3, -0.25) is 9.10 Å². The van der Waals surface area contributed by atoms with Crippen molar-refractivity contribution >= 4 is 21.7 Å². The lowest BCUT2D eigenvalue weighted by molar-refractivity contribution is -0.138. The van der Waals surface area contributed by atoms with Gasteiger partial charge in [-0.05, 0) is 35.9 Å². The number of sulfonamides is 1. The van der Waals surface area contributed by atoms with Crippen molar-refractivity contribution in [2.45, 2.75) is 23.5 Å². The summed E-state index contributed by atoms with van der Waals surface area (Å²) in [5.74, 6) is -1.02. The molecule has 1 aliphatic rings. The van der Waals surface area contributed by atoms with Gasteiger partial charge in [-0.25, -0.2) is 8.42 Å². The van der Waals surface area contributed by atoms with Gasteiger partial charge in [-0.2, -0.15) is 13.2 Å². The number of fused-ring (bicyclic) bond motifs is 1. The van der Waals surface area contributed by atoms with Gasteiger partial charge in [0.2, 0.25) is 0 Å². The topological polar surface area (TPSA) is 83.9 Å². The molecule has 0 fully saturated rings. The van der Waals surface area contributed by atoms with Crippen molar-refractivity contribution in [3.05, 3.63) is 53.6 Å². The fraction of sp³-hybridized carbons (Fsp3) is 0.235.